The van der Waals surface area contributed by atoms with E-state index in [9.17, 15) is 14.9 Å². The Morgan fingerprint density at radius 3 is 2.70 bits per heavy atom. The Hall–Kier alpha value is -3.09. The second-order valence-electron chi connectivity index (χ2n) is 6.31. The minimum Gasteiger partial charge on any atom is -0.493 e. The Bertz CT molecular complexity index is 879. The van der Waals surface area contributed by atoms with E-state index in [4.69, 9.17) is 9.47 Å². The maximum Gasteiger partial charge on any atom is 0.286 e. The summed E-state index contributed by atoms with van der Waals surface area (Å²) in [6.45, 7) is 2.14. The summed E-state index contributed by atoms with van der Waals surface area (Å²) >= 11 is 0. The van der Waals surface area contributed by atoms with Crippen LogP contribution >= 0.6 is 0 Å². The number of benzene rings is 2. The second kappa shape index (κ2) is 8.07. The van der Waals surface area contributed by atoms with E-state index in [1.165, 1.54) is 24.8 Å². The molecule has 0 aromatic heterocycles. The molecule has 142 valence electrons. The minimum absolute atomic E-state index is 0.0577. The fourth-order valence-corrected chi connectivity index (χ4v) is 3.40. The zero-order valence-corrected chi connectivity index (χ0v) is 15.4. The predicted octanol–water partition coefficient (Wildman–Crippen LogP) is 4.13. The maximum absolute atomic E-state index is 12.9. The second-order valence-corrected chi connectivity index (χ2v) is 6.31. The lowest BCUT2D eigenvalue weighted by atomic mass is 9.90. The molecule has 0 aliphatic heterocycles. The van der Waals surface area contributed by atoms with Gasteiger partial charge in [-0.2, -0.15) is 0 Å². The molecule has 7 heteroatoms. The molecule has 1 aliphatic carbocycles. The highest BCUT2D eigenvalue weighted by molar-refractivity contribution is 6.08. The third-order valence-electron chi connectivity index (χ3n) is 4.67. The van der Waals surface area contributed by atoms with Gasteiger partial charge in [-0.05, 0) is 49.8 Å². The van der Waals surface area contributed by atoms with Crippen LogP contribution in [0.5, 0.6) is 11.5 Å². The topological polar surface area (TPSA) is 90.7 Å². The maximum atomic E-state index is 12.9. The van der Waals surface area contributed by atoms with Crippen molar-refractivity contribution >= 4 is 17.3 Å². The van der Waals surface area contributed by atoms with Gasteiger partial charge < -0.3 is 14.8 Å². The summed E-state index contributed by atoms with van der Waals surface area (Å²) in [4.78, 5) is 23.8. The van der Waals surface area contributed by atoms with Crippen molar-refractivity contribution in [1.29, 1.82) is 0 Å². The van der Waals surface area contributed by atoms with Gasteiger partial charge in [-0.3, -0.25) is 14.9 Å². The number of rotatable bonds is 6. The molecule has 0 saturated heterocycles. The smallest absolute Gasteiger partial charge is 0.286 e. The highest BCUT2D eigenvalue weighted by atomic mass is 16.6. The van der Waals surface area contributed by atoms with E-state index >= 15 is 0 Å². The summed E-state index contributed by atoms with van der Waals surface area (Å²) < 4.78 is 10.6. The summed E-state index contributed by atoms with van der Waals surface area (Å²) in [5.74, 6) is -0.0210. The Morgan fingerprint density at radius 2 is 2.00 bits per heavy atom. The quantitative estimate of drug-likeness (QED) is 0.610. The van der Waals surface area contributed by atoms with Crippen molar-refractivity contribution < 1.29 is 19.2 Å². The number of fused-ring (bicyclic) bond motifs is 1. The molecule has 0 radical (unpaired) electrons. The summed E-state index contributed by atoms with van der Waals surface area (Å²) in [6.07, 6.45) is 4.07. The lowest BCUT2D eigenvalue weighted by Crippen LogP contribution is -2.17. The number of hydrogen-bond acceptors (Lipinski definition) is 5. The molecular formula is C20H22N2O5. The standard InChI is InChI=1S/C20H22N2O5/c1-3-27-19-11-15(17(22(24)25)12-18(19)26-2)20(23)21-16-10-6-8-13-7-4-5-9-14(13)16/h6,8,10-12H,3-5,7,9H2,1-2H3,(H,21,23). The van der Waals surface area contributed by atoms with Crippen molar-refractivity contribution in [2.24, 2.45) is 0 Å². The van der Waals surface area contributed by atoms with E-state index in [0.29, 0.717) is 18.0 Å². The molecule has 0 atom stereocenters. The van der Waals surface area contributed by atoms with Crippen LogP contribution in [0.2, 0.25) is 0 Å². The van der Waals surface area contributed by atoms with E-state index in [2.05, 4.69) is 11.4 Å². The molecule has 0 saturated carbocycles. The molecule has 2 aromatic rings. The minimum atomic E-state index is -0.590. The first-order chi connectivity index (χ1) is 13.0. The molecule has 7 nitrogen and oxygen atoms in total. The molecule has 2 aromatic carbocycles. The predicted molar refractivity (Wildman–Crippen MR) is 102 cm³/mol. The number of amides is 1. The van der Waals surface area contributed by atoms with Gasteiger partial charge >= 0.3 is 0 Å². The molecule has 1 aliphatic rings. The molecule has 0 unspecified atom stereocenters. The summed E-state index contributed by atoms with van der Waals surface area (Å²) in [5.41, 5.74) is 2.66. The number of carbonyl (C=O) groups is 1. The number of nitro groups is 1. The third kappa shape index (κ3) is 3.86. The van der Waals surface area contributed by atoms with Crippen molar-refractivity contribution in [3.63, 3.8) is 0 Å². The van der Waals surface area contributed by atoms with Crippen molar-refractivity contribution in [2.75, 3.05) is 19.0 Å². The molecule has 0 spiro atoms. The average molecular weight is 370 g/mol. The fraction of sp³-hybridized carbons (Fsp3) is 0.350. The SMILES string of the molecule is CCOc1cc(C(=O)Nc2cccc3c2CCCC3)c([N+](=O)[O-])cc1OC. The lowest BCUT2D eigenvalue weighted by molar-refractivity contribution is -0.385. The van der Waals surface area contributed by atoms with Crippen LogP contribution in [0, 0.1) is 10.1 Å². The molecule has 27 heavy (non-hydrogen) atoms. The zero-order valence-electron chi connectivity index (χ0n) is 15.4. The van der Waals surface area contributed by atoms with Gasteiger partial charge in [0.15, 0.2) is 11.5 Å². The summed E-state index contributed by atoms with van der Waals surface area (Å²) in [5, 5.41) is 14.3. The van der Waals surface area contributed by atoms with Crippen molar-refractivity contribution in [1.82, 2.24) is 0 Å². The first-order valence-electron chi connectivity index (χ1n) is 8.96. The zero-order chi connectivity index (χ0) is 19.4. The number of nitrogens with zero attached hydrogens (tertiary/aromatic N) is 1. The Labute approximate surface area is 157 Å². The van der Waals surface area contributed by atoms with E-state index in [0.717, 1.165) is 31.2 Å². The monoisotopic (exact) mass is 370 g/mol. The van der Waals surface area contributed by atoms with E-state index in [1.807, 2.05) is 12.1 Å². The summed E-state index contributed by atoms with van der Waals surface area (Å²) in [6, 6.07) is 8.38. The molecule has 0 bridgehead atoms. The van der Waals surface area contributed by atoms with Gasteiger partial charge in [-0.15, -0.1) is 0 Å². The number of anilines is 1. The Balaban J connectivity index is 1.99. The van der Waals surface area contributed by atoms with Crippen LogP contribution in [-0.2, 0) is 12.8 Å². The van der Waals surface area contributed by atoms with Crippen LogP contribution in [0.3, 0.4) is 0 Å². The number of ether oxygens (including phenoxy) is 2. The van der Waals surface area contributed by atoms with Crippen LogP contribution in [0.4, 0.5) is 11.4 Å². The Morgan fingerprint density at radius 1 is 1.22 bits per heavy atom. The first kappa shape index (κ1) is 18.7. The van der Waals surface area contributed by atoms with Crippen LogP contribution in [0.1, 0.15) is 41.3 Å². The third-order valence-corrected chi connectivity index (χ3v) is 4.67. The van der Waals surface area contributed by atoms with Crippen molar-refractivity contribution in [3.8, 4) is 11.5 Å². The number of nitrogens with one attached hydrogen (secondary N) is 1. The number of aryl methyl sites for hydroxylation is 1. The lowest BCUT2D eigenvalue weighted by Gasteiger charge is -2.19. The van der Waals surface area contributed by atoms with Crippen molar-refractivity contribution in [3.05, 3.63) is 57.1 Å². The van der Waals surface area contributed by atoms with Gasteiger partial charge in [0.25, 0.3) is 11.6 Å². The molecule has 1 N–H and O–H groups in total. The van der Waals surface area contributed by atoms with Crippen LogP contribution in [0.25, 0.3) is 0 Å². The van der Waals surface area contributed by atoms with E-state index in [1.54, 1.807) is 6.92 Å². The van der Waals surface area contributed by atoms with Gasteiger partial charge in [-0.25, -0.2) is 0 Å². The van der Waals surface area contributed by atoms with Gasteiger partial charge in [0.05, 0.1) is 24.7 Å². The number of nitro benzene ring substituents is 1. The van der Waals surface area contributed by atoms with E-state index < -0.39 is 10.8 Å². The Kier molecular flexibility index (Phi) is 5.59. The average Bonchev–Trinajstić information content (AvgIpc) is 2.68. The number of hydrogen-bond donors (Lipinski definition) is 1. The normalized spacial score (nSPS) is 12.8. The van der Waals surface area contributed by atoms with Gasteiger partial charge in [0.2, 0.25) is 0 Å². The number of methoxy groups -OCH3 is 1. The molecule has 0 heterocycles. The fourth-order valence-electron chi connectivity index (χ4n) is 3.40. The molecule has 0 fully saturated rings. The van der Waals surface area contributed by atoms with Gasteiger partial charge in [0, 0.05) is 11.8 Å². The van der Waals surface area contributed by atoms with E-state index in [-0.39, 0.29) is 17.0 Å². The van der Waals surface area contributed by atoms with Gasteiger partial charge in [0.1, 0.15) is 5.56 Å². The molecule has 3 rings (SSSR count). The molecule has 1 amide bonds. The first-order valence-corrected chi connectivity index (χ1v) is 8.96. The van der Waals surface area contributed by atoms with Crippen molar-refractivity contribution in [2.45, 2.75) is 32.6 Å². The highest BCUT2D eigenvalue weighted by Gasteiger charge is 2.25. The van der Waals surface area contributed by atoms with Crippen LogP contribution in [0.15, 0.2) is 30.3 Å². The largest absolute Gasteiger partial charge is 0.493 e. The number of carbonyl (C=O) groups excluding carboxylic acids is 1. The van der Waals surface area contributed by atoms with Gasteiger partial charge in [-0.1, -0.05) is 12.1 Å². The highest BCUT2D eigenvalue weighted by Crippen LogP contribution is 2.35. The van der Waals surface area contributed by atoms with Crippen LogP contribution < -0.4 is 14.8 Å². The van der Waals surface area contributed by atoms with Crippen LogP contribution in [-0.4, -0.2) is 24.5 Å². The molecular weight excluding hydrogens is 348 g/mol. The summed E-state index contributed by atoms with van der Waals surface area (Å²) in [7, 11) is 1.40.